The van der Waals surface area contributed by atoms with Gasteiger partial charge in [-0.1, -0.05) is 30.3 Å². The van der Waals surface area contributed by atoms with Crippen LogP contribution in [0.25, 0.3) is 10.9 Å². The highest BCUT2D eigenvalue weighted by atomic mass is 16.5. The minimum absolute atomic E-state index is 0.260. The van der Waals surface area contributed by atoms with E-state index in [9.17, 15) is 4.79 Å². The Morgan fingerprint density at radius 2 is 1.84 bits per heavy atom. The quantitative estimate of drug-likeness (QED) is 0.433. The molecule has 8 heteroatoms. The number of morpholine rings is 1. The summed E-state index contributed by atoms with van der Waals surface area (Å²) in [6.45, 7) is 4.34. The van der Waals surface area contributed by atoms with Crippen molar-refractivity contribution in [2.75, 3.05) is 36.9 Å². The van der Waals surface area contributed by atoms with Crippen LogP contribution in [-0.4, -0.2) is 52.3 Å². The molecule has 5 rings (SSSR count). The van der Waals surface area contributed by atoms with E-state index in [4.69, 9.17) is 4.74 Å². The summed E-state index contributed by atoms with van der Waals surface area (Å²) in [5.41, 5.74) is 4.64. The molecule has 0 unspecified atom stereocenters. The van der Waals surface area contributed by atoms with Crippen LogP contribution in [0.15, 0.2) is 67.0 Å². The molecule has 1 aliphatic heterocycles. The number of para-hydroxylation sites is 1. The van der Waals surface area contributed by atoms with Gasteiger partial charge in [-0.2, -0.15) is 5.10 Å². The molecule has 8 nitrogen and oxygen atoms in total. The zero-order valence-corrected chi connectivity index (χ0v) is 17.5. The third kappa shape index (κ3) is 4.46. The summed E-state index contributed by atoms with van der Waals surface area (Å²) in [6.07, 6.45) is 3.35. The fourth-order valence-electron chi connectivity index (χ4n) is 3.81. The summed E-state index contributed by atoms with van der Waals surface area (Å²) in [5.74, 6) is -0.260. The lowest BCUT2D eigenvalue weighted by atomic mass is 10.1. The molecule has 0 radical (unpaired) electrons. The predicted octanol–water partition coefficient (Wildman–Crippen LogP) is 3.79. The second-order valence-electron chi connectivity index (χ2n) is 7.70. The van der Waals surface area contributed by atoms with Gasteiger partial charge in [0.25, 0.3) is 5.91 Å². The molecule has 32 heavy (non-hydrogen) atoms. The van der Waals surface area contributed by atoms with Crippen LogP contribution in [0.4, 0.5) is 17.1 Å². The monoisotopic (exact) mass is 428 g/mol. The summed E-state index contributed by atoms with van der Waals surface area (Å²) in [5, 5.41) is 14.1. The first-order valence-electron chi connectivity index (χ1n) is 10.6. The number of carbonyl (C=O) groups is 1. The average Bonchev–Trinajstić information content (AvgIpc) is 3.30. The van der Waals surface area contributed by atoms with Crippen molar-refractivity contribution in [3.63, 3.8) is 0 Å². The largest absolute Gasteiger partial charge is 0.379 e. The molecule has 0 bridgehead atoms. The van der Waals surface area contributed by atoms with Gasteiger partial charge >= 0.3 is 0 Å². The number of nitrogens with zero attached hydrogens (tertiary/aromatic N) is 3. The number of H-pyrrole nitrogens is 1. The van der Waals surface area contributed by atoms with Crippen molar-refractivity contribution in [3.8, 4) is 0 Å². The van der Waals surface area contributed by atoms with Crippen molar-refractivity contribution in [2.45, 2.75) is 6.54 Å². The van der Waals surface area contributed by atoms with E-state index in [-0.39, 0.29) is 5.91 Å². The number of benzene rings is 2. The van der Waals surface area contributed by atoms with E-state index in [1.807, 2.05) is 54.6 Å². The van der Waals surface area contributed by atoms with Gasteiger partial charge < -0.3 is 15.4 Å². The maximum absolute atomic E-state index is 12.9. The normalized spacial score (nSPS) is 14.4. The van der Waals surface area contributed by atoms with Gasteiger partial charge in [0.1, 0.15) is 5.69 Å². The molecule has 3 heterocycles. The van der Waals surface area contributed by atoms with Crippen molar-refractivity contribution < 1.29 is 9.53 Å². The first-order valence-corrected chi connectivity index (χ1v) is 10.6. The molecule has 0 saturated carbocycles. The van der Waals surface area contributed by atoms with Gasteiger partial charge in [-0.25, -0.2) is 0 Å². The maximum atomic E-state index is 12.9. The van der Waals surface area contributed by atoms with Gasteiger partial charge in [0, 0.05) is 42.6 Å². The highest BCUT2D eigenvalue weighted by Gasteiger charge is 2.16. The maximum Gasteiger partial charge on any atom is 0.275 e. The Balaban J connectivity index is 1.27. The van der Waals surface area contributed by atoms with Gasteiger partial charge in [-0.15, -0.1) is 0 Å². The summed E-state index contributed by atoms with van der Waals surface area (Å²) < 4.78 is 5.40. The number of carbonyl (C=O) groups excluding carboxylic acids is 1. The molecule has 162 valence electrons. The minimum atomic E-state index is -0.260. The molecule has 2 aromatic heterocycles. The Morgan fingerprint density at radius 1 is 1.03 bits per heavy atom. The van der Waals surface area contributed by atoms with Crippen molar-refractivity contribution in [2.24, 2.45) is 0 Å². The van der Waals surface area contributed by atoms with E-state index < -0.39 is 0 Å². The fraction of sp³-hybridized carbons (Fsp3) is 0.208. The number of aromatic nitrogens is 3. The number of anilines is 3. The topological polar surface area (TPSA) is 95.2 Å². The zero-order chi connectivity index (χ0) is 21.8. The van der Waals surface area contributed by atoms with Crippen LogP contribution in [-0.2, 0) is 11.3 Å². The lowest BCUT2D eigenvalue weighted by Crippen LogP contribution is -2.35. The number of rotatable bonds is 6. The molecular weight excluding hydrogens is 404 g/mol. The molecule has 1 aliphatic rings. The average molecular weight is 428 g/mol. The molecule has 0 spiro atoms. The molecular formula is C24H24N6O2. The minimum Gasteiger partial charge on any atom is -0.379 e. The number of hydrogen-bond donors (Lipinski definition) is 3. The summed E-state index contributed by atoms with van der Waals surface area (Å²) in [4.78, 5) is 19.6. The third-order valence-corrected chi connectivity index (χ3v) is 5.51. The summed E-state index contributed by atoms with van der Waals surface area (Å²) in [7, 11) is 0. The SMILES string of the molecule is O=C(Nc1ccc(CN2CCOCC2)cc1)c1[nH]ncc1Nc1ccnc2ccccc12. The Hall–Kier alpha value is -3.75. The van der Waals surface area contributed by atoms with Crippen LogP contribution in [0.5, 0.6) is 0 Å². The van der Waals surface area contributed by atoms with E-state index in [1.54, 1.807) is 12.4 Å². The number of amides is 1. The lowest BCUT2D eigenvalue weighted by molar-refractivity contribution is 0.0342. The smallest absolute Gasteiger partial charge is 0.275 e. The Morgan fingerprint density at radius 3 is 2.69 bits per heavy atom. The number of pyridine rings is 1. The van der Waals surface area contributed by atoms with Gasteiger partial charge in [-0.3, -0.25) is 19.8 Å². The second kappa shape index (κ2) is 9.17. The van der Waals surface area contributed by atoms with Crippen molar-refractivity contribution in [3.05, 3.63) is 78.2 Å². The highest BCUT2D eigenvalue weighted by Crippen LogP contribution is 2.26. The van der Waals surface area contributed by atoms with E-state index in [0.29, 0.717) is 11.4 Å². The zero-order valence-electron chi connectivity index (χ0n) is 17.5. The molecule has 1 amide bonds. The standard InChI is InChI=1S/C24H24N6O2/c31-24(27-18-7-5-17(6-8-18)16-30-11-13-32-14-12-30)23-22(15-26-29-23)28-21-9-10-25-20-4-2-1-3-19(20)21/h1-10,15H,11-14,16H2,(H,25,28)(H,26,29)(H,27,31). The van der Waals surface area contributed by atoms with Crippen LogP contribution in [0.2, 0.25) is 0 Å². The van der Waals surface area contributed by atoms with Crippen LogP contribution in [0, 0.1) is 0 Å². The summed E-state index contributed by atoms with van der Waals surface area (Å²) >= 11 is 0. The number of nitrogens with one attached hydrogen (secondary N) is 3. The van der Waals surface area contributed by atoms with Gasteiger partial charge in [0.05, 0.1) is 30.6 Å². The Bertz CT molecular complexity index is 1210. The van der Waals surface area contributed by atoms with Crippen LogP contribution in [0.3, 0.4) is 0 Å². The van der Waals surface area contributed by atoms with E-state index in [1.165, 1.54) is 5.56 Å². The number of hydrogen-bond acceptors (Lipinski definition) is 6. The Labute approximate surface area is 185 Å². The van der Waals surface area contributed by atoms with E-state index in [0.717, 1.165) is 55.1 Å². The van der Waals surface area contributed by atoms with Gasteiger partial charge in [0.2, 0.25) is 0 Å². The summed E-state index contributed by atoms with van der Waals surface area (Å²) in [6, 6.07) is 17.7. The van der Waals surface area contributed by atoms with Crippen LogP contribution >= 0.6 is 0 Å². The van der Waals surface area contributed by atoms with E-state index >= 15 is 0 Å². The predicted molar refractivity (Wildman–Crippen MR) is 124 cm³/mol. The van der Waals surface area contributed by atoms with Crippen LogP contribution < -0.4 is 10.6 Å². The third-order valence-electron chi connectivity index (χ3n) is 5.51. The molecule has 1 fully saturated rings. The molecule has 0 aliphatic carbocycles. The number of fused-ring (bicyclic) bond motifs is 1. The van der Waals surface area contributed by atoms with Gasteiger partial charge in [0.15, 0.2) is 0 Å². The first kappa shape index (κ1) is 20.2. The number of ether oxygens (including phenoxy) is 1. The molecule has 1 saturated heterocycles. The lowest BCUT2D eigenvalue weighted by Gasteiger charge is -2.26. The van der Waals surface area contributed by atoms with Crippen LogP contribution in [0.1, 0.15) is 16.1 Å². The fourth-order valence-corrected chi connectivity index (χ4v) is 3.81. The van der Waals surface area contributed by atoms with E-state index in [2.05, 4.69) is 30.7 Å². The number of aromatic amines is 1. The Kier molecular flexibility index (Phi) is 5.78. The second-order valence-corrected chi connectivity index (χ2v) is 7.70. The van der Waals surface area contributed by atoms with Crippen molar-refractivity contribution >= 4 is 33.9 Å². The van der Waals surface area contributed by atoms with Crippen molar-refractivity contribution in [1.29, 1.82) is 0 Å². The molecule has 0 atom stereocenters. The first-order chi connectivity index (χ1) is 15.8. The molecule has 3 N–H and O–H groups in total. The van der Waals surface area contributed by atoms with Gasteiger partial charge in [-0.05, 0) is 29.8 Å². The molecule has 2 aromatic carbocycles. The highest BCUT2D eigenvalue weighted by molar-refractivity contribution is 6.07. The van der Waals surface area contributed by atoms with Crippen molar-refractivity contribution in [1.82, 2.24) is 20.1 Å². The molecule has 4 aromatic rings.